The Morgan fingerprint density at radius 2 is 1.62 bits per heavy atom. The Bertz CT molecular complexity index is 3120. The lowest BCUT2D eigenvalue weighted by atomic mass is 9.71. The maximum Gasteiger partial charge on any atom is 0.255 e. The Labute approximate surface area is 446 Å². The molecule has 77 heavy (non-hydrogen) atoms. The van der Waals surface area contributed by atoms with Crippen LogP contribution in [0.1, 0.15) is 121 Å². The molecule has 19 heteroatoms. The van der Waals surface area contributed by atoms with Crippen molar-refractivity contribution in [1.29, 1.82) is 5.26 Å². The molecule has 402 valence electrons. The van der Waals surface area contributed by atoms with Crippen molar-refractivity contribution in [1.82, 2.24) is 44.8 Å². The third-order valence-electron chi connectivity index (χ3n) is 17.5. The van der Waals surface area contributed by atoms with Crippen LogP contribution in [0.15, 0.2) is 73.2 Å². The molecule has 11 rings (SSSR count). The van der Waals surface area contributed by atoms with Crippen LogP contribution in [0.5, 0.6) is 5.75 Å². The Kier molecular flexibility index (Phi) is 14.5. The Balaban J connectivity index is 0.663. The van der Waals surface area contributed by atoms with Gasteiger partial charge in [0.05, 0.1) is 41.2 Å². The minimum Gasteiger partial charge on any atom is -0.492 e. The molecule has 0 saturated carbocycles. The molecular formula is C58H65F2N11O6. The first-order valence-electron chi connectivity index (χ1n) is 27.3. The molecule has 6 aliphatic heterocycles. The molecule has 17 nitrogen and oxygen atoms in total. The van der Waals surface area contributed by atoms with E-state index in [4.69, 9.17) is 9.72 Å². The Morgan fingerprint density at radius 1 is 0.857 bits per heavy atom. The van der Waals surface area contributed by atoms with Crippen LogP contribution in [0.25, 0.3) is 16.6 Å². The minimum absolute atomic E-state index is 0.135. The number of carbonyl (C=O) groups excluding carboxylic acids is 5. The van der Waals surface area contributed by atoms with Crippen LogP contribution in [0, 0.1) is 28.4 Å². The smallest absolute Gasteiger partial charge is 0.255 e. The zero-order valence-corrected chi connectivity index (χ0v) is 43.6. The number of amides is 5. The summed E-state index contributed by atoms with van der Waals surface area (Å²) in [5.41, 5.74) is 4.54. The molecule has 5 amide bonds. The third kappa shape index (κ3) is 10.7. The molecule has 2 N–H and O–H groups in total. The van der Waals surface area contributed by atoms with Gasteiger partial charge in [0.15, 0.2) is 0 Å². The predicted molar refractivity (Wildman–Crippen MR) is 282 cm³/mol. The second-order valence-corrected chi connectivity index (χ2v) is 22.1. The number of ether oxygens (including phenoxy) is 1. The number of piperidine rings is 5. The van der Waals surface area contributed by atoms with E-state index in [1.54, 1.807) is 21.8 Å². The molecule has 1 unspecified atom stereocenters. The molecular weight excluding hydrogens is 985 g/mol. The van der Waals surface area contributed by atoms with Crippen LogP contribution < -0.4 is 20.3 Å². The summed E-state index contributed by atoms with van der Waals surface area (Å²) in [5, 5.41) is 19.8. The van der Waals surface area contributed by atoms with Crippen LogP contribution in [0.3, 0.4) is 0 Å². The van der Waals surface area contributed by atoms with Crippen molar-refractivity contribution < 1.29 is 37.5 Å². The number of hydrogen-bond acceptors (Lipinski definition) is 12. The van der Waals surface area contributed by atoms with Crippen molar-refractivity contribution in [3.05, 3.63) is 113 Å². The van der Waals surface area contributed by atoms with Gasteiger partial charge >= 0.3 is 0 Å². The molecule has 6 aliphatic rings. The van der Waals surface area contributed by atoms with Crippen LogP contribution in [0.2, 0.25) is 0 Å². The average molecular weight is 1050 g/mol. The van der Waals surface area contributed by atoms with Gasteiger partial charge in [0.1, 0.15) is 35.3 Å². The number of halogens is 2. The highest BCUT2D eigenvalue weighted by atomic mass is 19.1. The summed E-state index contributed by atoms with van der Waals surface area (Å²) in [5.74, 6) is -1.02. The maximum atomic E-state index is 15.0. The van der Waals surface area contributed by atoms with Gasteiger partial charge in [-0.05, 0) is 156 Å². The van der Waals surface area contributed by atoms with Gasteiger partial charge < -0.3 is 34.6 Å². The number of aromatic nitrogens is 3. The van der Waals surface area contributed by atoms with E-state index in [2.05, 4.69) is 42.6 Å². The van der Waals surface area contributed by atoms with E-state index in [-0.39, 0.29) is 35.1 Å². The van der Waals surface area contributed by atoms with Gasteiger partial charge in [0.25, 0.3) is 11.8 Å². The fourth-order valence-electron chi connectivity index (χ4n) is 12.9. The minimum atomic E-state index is -0.774. The molecule has 1 atom stereocenters. The number of pyridine rings is 2. The van der Waals surface area contributed by atoms with Gasteiger partial charge in [0, 0.05) is 81.5 Å². The van der Waals surface area contributed by atoms with Gasteiger partial charge in [-0.3, -0.25) is 29.3 Å². The number of anilines is 1. The first-order chi connectivity index (χ1) is 37.3. The summed E-state index contributed by atoms with van der Waals surface area (Å²) in [4.78, 5) is 80.4. The van der Waals surface area contributed by atoms with Crippen molar-refractivity contribution >= 4 is 40.9 Å². The van der Waals surface area contributed by atoms with Crippen molar-refractivity contribution in [2.75, 3.05) is 77.0 Å². The molecule has 2 aromatic carbocycles. The average Bonchev–Trinajstić information content (AvgIpc) is 4.04. The summed E-state index contributed by atoms with van der Waals surface area (Å²) >= 11 is 0. The first-order valence-corrected chi connectivity index (χ1v) is 27.3. The number of rotatable bonds is 13. The van der Waals surface area contributed by atoms with Crippen LogP contribution >= 0.6 is 0 Å². The van der Waals surface area contributed by atoms with Crippen molar-refractivity contribution in [3.8, 4) is 22.9 Å². The number of benzene rings is 2. The van der Waals surface area contributed by atoms with Gasteiger partial charge in [-0.15, -0.1) is 0 Å². The van der Waals surface area contributed by atoms with Gasteiger partial charge in [-0.2, -0.15) is 10.4 Å². The second-order valence-electron chi connectivity index (χ2n) is 22.1. The van der Waals surface area contributed by atoms with Gasteiger partial charge in [-0.25, -0.2) is 18.3 Å². The number of likely N-dealkylation sites (tertiary alicyclic amines) is 3. The highest BCUT2D eigenvalue weighted by molar-refractivity contribution is 6.05. The summed E-state index contributed by atoms with van der Waals surface area (Å²) in [6.45, 7) is 10.1. The summed E-state index contributed by atoms with van der Waals surface area (Å²) in [6, 6.07) is 16.4. The van der Waals surface area contributed by atoms with E-state index in [1.165, 1.54) is 11.8 Å². The van der Waals surface area contributed by atoms with Crippen molar-refractivity contribution in [2.45, 2.75) is 102 Å². The number of imide groups is 1. The number of nitriles is 1. The molecule has 5 saturated heterocycles. The molecule has 5 aromatic rings. The molecule has 5 fully saturated rings. The SMILES string of the molecule is CCOc1cc(-c2ccc(N3CCC(CN4CCC5(CC4)CCN(C(=O)CCN4CCC(c6ccc7c(c6)CN(C6CCC(=O)NC6=O)C7=O)CC4)CC5)(NC(=O)c4cc(F)ccc4F)CC3)nc2)c2c(C#N)cnn2c1. The third-order valence-corrected chi connectivity index (χ3v) is 17.5. The Hall–Kier alpha value is -7.30. The lowest BCUT2D eigenvalue weighted by Gasteiger charge is -2.50. The molecule has 1 spiro atoms. The maximum absolute atomic E-state index is 15.0. The molecule has 0 radical (unpaired) electrons. The number of hydrogen-bond donors (Lipinski definition) is 2. The Morgan fingerprint density at radius 3 is 2.34 bits per heavy atom. The fraction of sp³-hybridized carbons (Fsp3) is 0.483. The predicted octanol–water partition coefficient (Wildman–Crippen LogP) is 6.45. The normalized spacial score (nSPS) is 21.0. The zero-order chi connectivity index (χ0) is 53.4. The number of fused-ring (bicyclic) bond motifs is 2. The van der Waals surface area contributed by atoms with E-state index in [0.717, 1.165) is 125 Å². The largest absolute Gasteiger partial charge is 0.492 e. The molecule has 0 aliphatic carbocycles. The number of nitrogens with zero attached hydrogens (tertiary/aromatic N) is 9. The fourth-order valence-corrected chi connectivity index (χ4v) is 12.9. The zero-order valence-electron chi connectivity index (χ0n) is 43.6. The summed E-state index contributed by atoms with van der Waals surface area (Å²) < 4.78 is 36.8. The van der Waals surface area contributed by atoms with E-state index >= 15 is 4.39 Å². The van der Waals surface area contributed by atoms with Crippen LogP contribution in [-0.4, -0.2) is 147 Å². The lowest BCUT2D eigenvalue weighted by Crippen LogP contribution is -2.62. The number of nitrogens with one attached hydrogen (secondary N) is 2. The van der Waals surface area contributed by atoms with Crippen LogP contribution in [0.4, 0.5) is 14.6 Å². The van der Waals surface area contributed by atoms with E-state index in [1.807, 2.05) is 42.2 Å². The van der Waals surface area contributed by atoms with E-state index < -0.39 is 35.0 Å². The molecule has 3 aromatic heterocycles. The van der Waals surface area contributed by atoms with Crippen molar-refractivity contribution in [3.63, 3.8) is 0 Å². The standard InChI is InChI=1S/C58H65F2N11O6/c1-2-77-44-31-46(53-42(32-61)34-63-71(53)36-44)40-4-9-50(62-33-40)68-27-18-58(19-28-68,65-54(74)47-30-43(59)5-7-48(47)60)37-67-23-14-57(15-24-67)16-25-69(26-17-57)52(73)13-22-66-20-11-38(12-21-66)39-3-6-45-41(29-39)35-70(56(45)76)49-8-10-51(72)64-55(49)75/h3-7,9,29-31,33-34,36,38,49H,2,8,10-28,35,37H2,1H3,(H,65,74)(H,64,72,75). The van der Waals surface area contributed by atoms with E-state index in [9.17, 15) is 33.6 Å². The topological polar surface area (TPSA) is 189 Å². The molecule has 9 heterocycles. The van der Waals surface area contributed by atoms with E-state index in [0.29, 0.717) is 86.8 Å². The monoisotopic (exact) mass is 1050 g/mol. The lowest BCUT2D eigenvalue weighted by molar-refractivity contribution is -0.137. The van der Waals surface area contributed by atoms with Gasteiger partial charge in [0.2, 0.25) is 17.7 Å². The first kappa shape index (κ1) is 51.8. The highest BCUT2D eigenvalue weighted by Crippen LogP contribution is 2.43. The quantitative estimate of drug-likeness (QED) is 0.123. The van der Waals surface area contributed by atoms with Gasteiger partial charge in [-0.1, -0.05) is 12.1 Å². The summed E-state index contributed by atoms with van der Waals surface area (Å²) in [6.07, 6.45) is 13.0. The van der Waals surface area contributed by atoms with Crippen molar-refractivity contribution in [2.24, 2.45) is 5.41 Å². The van der Waals surface area contributed by atoms with Crippen LogP contribution in [-0.2, 0) is 20.9 Å². The number of carbonyl (C=O) groups is 5. The molecule has 0 bridgehead atoms. The highest BCUT2D eigenvalue weighted by Gasteiger charge is 2.44. The second kappa shape index (κ2) is 21.6. The summed E-state index contributed by atoms with van der Waals surface area (Å²) in [7, 11) is 0.